The lowest BCUT2D eigenvalue weighted by atomic mass is 9.76. The maximum Gasteiger partial charge on any atom is 0.313 e. The first-order valence-electron chi connectivity index (χ1n) is 5.80. The zero-order valence-electron chi connectivity index (χ0n) is 10.3. The van der Waals surface area contributed by atoms with E-state index in [9.17, 15) is 9.90 Å². The van der Waals surface area contributed by atoms with Crippen molar-refractivity contribution in [3.63, 3.8) is 0 Å². The molecule has 0 fully saturated rings. The Labute approximate surface area is 131 Å². The van der Waals surface area contributed by atoms with E-state index in [4.69, 9.17) is 46.3 Å². The van der Waals surface area contributed by atoms with Crippen molar-refractivity contribution in [3.8, 4) is 0 Å². The van der Waals surface area contributed by atoms with Gasteiger partial charge in [-0.2, -0.15) is 0 Å². The second-order valence-corrected chi connectivity index (χ2v) is 6.37. The minimum absolute atomic E-state index is 0.104. The van der Waals surface area contributed by atoms with Gasteiger partial charge in [-0.3, -0.25) is 4.79 Å². The summed E-state index contributed by atoms with van der Waals surface area (Å²) in [5, 5.41) is 9.29. The van der Waals surface area contributed by atoms with Crippen LogP contribution in [0.2, 0.25) is 0 Å². The lowest BCUT2D eigenvalue weighted by Gasteiger charge is -2.46. The van der Waals surface area contributed by atoms with Crippen LogP contribution in [0.15, 0.2) is 41.4 Å². The van der Waals surface area contributed by atoms with E-state index in [2.05, 4.69) is 0 Å². The van der Waals surface area contributed by atoms with Gasteiger partial charge in [0, 0.05) is 5.03 Å². The predicted octanol–water partition coefficient (Wildman–Crippen LogP) is 2.18. The third kappa shape index (κ3) is 2.22. The molecule has 4 atom stereocenters. The normalized spacial score (nSPS) is 37.4. The summed E-state index contributed by atoms with van der Waals surface area (Å²) in [7, 11) is 0. The molecule has 4 unspecified atom stereocenters. The van der Waals surface area contributed by atoms with Crippen molar-refractivity contribution in [3.05, 3.63) is 47.0 Å². The molecule has 0 radical (unpaired) electrons. The first-order chi connectivity index (χ1) is 9.22. The number of rotatable bonds is 2. The van der Waals surface area contributed by atoms with Crippen molar-refractivity contribution in [2.24, 2.45) is 17.4 Å². The van der Waals surface area contributed by atoms with Crippen LogP contribution in [-0.4, -0.2) is 22.1 Å². The number of carbonyl (C=O) groups is 1. The van der Waals surface area contributed by atoms with Crippen molar-refractivity contribution >= 4 is 40.8 Å². The fourth-order valence-corrected chi connectivity index (χ4v) is 3.40. The molecule has 0 spiro atoms. The van der Waals surface area contributed by atoms with Crippen LogP contribution in [0.4, 0.5) is 0 Å². The van der Waals surface area contributed by atoms with Gasteiger partial charge in [-0.25, -0.2) is 0 Å². The summed E-state index contributed by atoms with van der Waals surface area (Å²) in [4.78, 5) is 8.14. The first-order valence-corrected chi connectivity index (χ1v) is 6.94. The Balaban J connectivity index is 2.62. The van der Waals surface area contributed by atoms with Gasteiger partial charge in [-0.1, -0.05) is 59.6 Å². The summed E-state index contributed by atoms with van der Waals surface area (Å²) in [5.74, 6) is -2.43. The quantitative estimate of drug-likeness (QED) is 0.571. The number of carboxylic acids is 1. The molecule has 0 amide bonds. The van der Waals surface area contributed by atoms with E-state index in [1.165, 1.54) is 6.08 Å². The van der Waals surface area contributed by atoms with Crippen LogP contribution in [0.3, 0.4) is 0 Å². The van der Waals surface area contributed by atoms with Crippen LogP contribution in [0, 0.1) is 5.92 Å². The van der Waals surface area contributed by atoms with Crippen LogP contribution < -0.4 is 11.5 Å². The number of benzene rings is 1. The largest absolute Gasteiger partial charge is 0.481 e. The first kappa shape index (κ1) is 15.6. The Morgan fingerprint density at radius 2 is 1.80 bits per heavy atom. The van der Waals surface area contributed by atoms with Crippen LogP contribution in [-0.2, 0) is 9.67 Å². The summed E-state index contributed by atoms with van der Waals surface area (Å²) in [6.45, 7) is 0. The van der Waals surface area contributed by atoms with E-state index in [0.29, 0.717) is 5.56 Å². The summed E-state index contributed by atoms with van der Waals surface area (Å²) in [5.41, 5.74) is 12.6. The lowest BCUT2D eigenvalue weighted by molar-refractivity contribution is -0.141. The number of halogens is 3. The lowest BCUT2D eigenvalue weighted by Crippen LogP contribution is -2.66. The molecule has 0 bridgehead atoms. The maximum atomic E-state index is 11.2. The Hall–Kier alpha value is -0.780. The molecule has 1 aliphatic carbocycles. The Bertz CT molecular complexity index is 562. The van der Waals surface area contributed by atoms with Crippen LogP contribution in [0.1, 0.15) is 5.56 Å². The highest BCUT2D eigenvalue weighted by Gasteiger charge is 2.57. The maximum absolute atomic E-state index is 11.2. The molecule has 1 aromatic carbocycles. The van der Waals surface area contributed by atoms with Gasteiger partial charge in [0.1, 0.15) is 15.8 Å². The van der Waals surface area contributed by atoms with E-state index in [1.807, 2.05) is 6.07 Å². The van der Waals surface area contributed by atoms with Gasteiger partial charge < -0.3 is 16.6 Å². The molecule has 108 valence electrons. The van der Waals surface area contributed by atoms with Crippen molar-refractivity contribution in [2.45, 2.75) is 15.9 Å². The monoisotopic (exact) mass is 334 g/mol. The van der Waals surface area contributed by atoms with E-state index in [1.54, 1.807) is 24.3 Å². The van der Waals surface area contributed by atoms with E-state index in [-0.39, 0.29) is 5.03 Å². The molecule has 0 aromatic heterocycles. The highest BCUT2D eigenvalue weighted by atomic mass is 35.5. The van der Waals surface area contributed by atoms with Gasteiger partial charge in [-0.05, 0) is 5.56 Å². The van der Waals surface area contributed by atoms with Crippen molar-refractivity contribution < 1.29 is 9.90 Å². The van der Waals surface area contributed by atoms with Crippen molar-refractivity contribution in [2.75, 3.05) is 0 Å². The average molecular weight is 336 g/mol. The zero-order valence-corrected chi connectivity index (χ0v) is 12.5. The van der Waals surface area contributed by atoms with Crippen LogP contribution >= 0.6 is 34.8 Å². The summed E-state index contributed by atoms with van der Waals surface area (Å²) in [6, 6.07) is 7.73. The Kier molecular flexibility index (Phi) is 4.06. The van der Waals surface area contributed by atoms with Crippen LogP contribution in [0.25, 0.3) is 0 Å². The molecular weight excluding hydrogens is 323 g/mol. The van der Waals surface area contributed by atoms with E-state index in [0.717, 1.165) is 0 Å². The van der Waals surface area contributed by atoms with Gasteiger partial charge in [0.2, 0.25) is 0 Å². The number of hydrogen-bond donors (Lipinski definition) is 3. The number of hydrogen-bond acceptors (Lipinski definition) is 3. The Morgan fingerprint density at radius 1 is 1.25 bits per heavy atom. The molecule has 0 saturated heterocycles. The van der Waals surface area contributed by atoms with Gasteiger partial charge in [-0.15, -0.1) is 11.6 Å². The number of alkyl halides is 2. The van der Waals surface area contributed by atoms with E-state index >= 15 is 0 Å². The van der Waals surface area contributed by atoms with Gasteiger partial charge in [0.25, 0.3) is 0 Å². The van der Waals surface area contributed by atoms with Gasteiger partial charge in [0.15, 0.2) is 0 Å². The highest BCUT2D eigenvalue weighted by molar-refractivity contribution is 6.41. The van der Waals surface area contributed by atoms with Gasteiger partial charge >= 0.3 is 5.97 Å². The average Bonchev–Trinajstić information content (AvgIpc) is 2.41. The SMILES string of the molecule is NC1C(Cl)(c2ccccc2)C(Cl)=CC(C(=O)O)C1(N)Cl. The molecule has 0 heterocycles. The standard InChI is InChI=1S/C13H13Cl3N2O2/c14-9-6-8(10(19)20)13(16,18)11(17)12(9,15)7-4-2-1-3-5-7/h1-6,8,11H,17-18H2,(H,19,20). The molecule has 1 aromatic rings. The summed E-state index contributed by atoms with van der Waals surface area (Å²) >= 11 is 18.9. The topological polar surface area (TPSA) is 89.3 Å². The minimum atomic E-state index is -1.75. The molecule has 2 rings (SSSR count). The molecule has 4 nitrogen and oxygen atoms in total. The molecule has 7 heteroatoms. The number of aliphatic carboxylic acids is 1. The fraction of sp³-hybridized carbons (Fsp3) is 0.308. The molecule has 0 aliphatic heterocycles. The second-order valence-electron chi connectivity index (χ2n) is 4.71. The molecule has 0 saturated carbocycles. The number of nitrogens with two attached hydrogens (primary N) is 2. The highest BCUT2D eigenvalue weighted by Crippen LogP contribution is 2.50. The fourth-order valence-electron chi connectivity index (χ4n) is 2.30. The Morgan fingerprint density at radius 3 is 2.30 bits per heavy atom. The van der Waals surface area contributed by atoms with E-state index < -0.39 is 27.8 Å². The van der Waals surface area contributed by atoms with Crippen molar-refractivity contribution in [1.82, 2.24) is 0 Å². The molecule has 5 N–H and O–H groups in total. The zero-order chi connectivity index (χ0) is 15.1. The third-order valence-electron chi connectivity index (χ3n) is 3.50. The predicted molar refractivity (Wildman–Crippen MR) is 79.8 cm³/mol. The van der Waals surface area contributed by atoms with Crippen LogP contribution in [0.5, 0.6) is 0 Å². The molecular formula is C13H13Cl3N2O2. The number of carboxylic acid groups (broad SMARTS) is 1. The third-order valence-corrected chi connectivity index (χ3v) is 5.15. The molecule has 1 aliphatic rings. The minimum Gasteiger partial charge on any atom is -0.481 e. The van der Waals surface area contributed by atoms with Crippen molar-refractivity contribution in [1.29, 1.82) is 0 Å². The smallest absolute Gasteiger partial charge is 0.313 e. The van der Waals surface area contributed by atoms with Gasteiger partial charge in [0.05, 0.1) is 6.04 Å². The second kappa shape index (κ2) is 5.20. The molecule has 20 heavy (non-hydrogen) atoms. The summed E-state index contributed by atoms with van der Waals surface area (Å²) < 4.78 is 0. The summed E-state index contributed by atoms with van der Waals surface area (Å²) in [6.07, 6.45) is 1.25.